The number of aliphatic hydroxyl groups excluding tert-OH is 1. The lowest BCUT2D eigenvalue weighted by molar-refractivity contribution is 0.271. The summed E-state index contributed by atoms with van der Waals surface area (Å²) in [4.78, 5) is 2.18. The van der Waals surface area contributed by atoms with Gasteiger partial charge in [-0.3, -0.25) is 4.90 Å². The van der Waals surface area contributed by atoms with Gasteiger partial charge in [0.05, 0.1) is 6.61 Å². The molecule has 44 valence electrons. The Morgan fingerprint density at radius 3 is 2.14 bits per heavy atom. The smallest absolute Gasteiger partial charge is 0.0558 e. The van der Waals surface area contributed by atoms with Crippen molar-refractivity contribution in [3.63, 3.8) is 0 Å². The van der Waals surface area contributed by atoms with Crippen LogP contribution < -0.4 is 0 Å². The highest BCUT2D eigenvalue weighted by Gasteiger charge is 2.14. The molecule has 1 rings (SSSR count). The van der Waals surface area contributed by atoms with Gasteiger partial charge in [0.25, 0.3) is 0 Å². The van der Waals surface area contributed by atoms with Crippen LogP contribution in [0.15, 0.2) is 0 Å². The zero-order valence-corrected chi connectivity index (χ0v) is 4.95. The molecule has 1 heterocycles. The third-order valence-corrected chi connectivity index (χ3v) is 0.956. The molecule has 0 unspecified atom stereocenters. The minimum Gasteiger partial charge on any atom is -0.395 e. The Morgan fingerprint density at radius 2 is 2.00 bits per heavy atom. The first-order valence-corrected chi connectivity index (χ1v) is 2.26. The summed E-state index contributed by atoms with van der Waals surface area (Å²) in [5.74, 6) is 0. The lowest BCUT2D eigenvalue weighted by Gasteiger charge is -1.88. The molecule has 2 nitrogen and oxygen atoms in total. The van der Waals surface area contributed by atoms with Crippen LogP contribution in [0.3, 0.4) is 0 Å². The van der Waals surface area contributed by atoms with Crippen LogP contribution in [-0.4, -0.2) is 36.2 Å². The summed E-state index contributed by atoms with van der Waals surface area (Å²) in [7, 11) is 0. The summed E-state index contributed by atoms with van der Waals surface area (Å²) in [6.07, 6.45) is 0. The Balaban J connectivity index is 0.000000360. The van der Waals surface area contributed by atoms with Crippen molar-refractivity contribution in [2.45, 2.75) is 0 Å². The van der Waals surface area contributed by atoms with Crippen molar-refractivity contribution >= 4 is 12.4 Å². The minimum absolute atomic E-state index is 0. The SMILES string of the molecule is Cl.OCCN1CC1. The monoisotopic (exact) mass is 123 g/mol. The van der Waals surface area contributed by atoms with Crippen molar-refractivity contribution in [1.82, 2.24) is 4.90 Å². The fourth-order valence-electron chi connectivity index (χ4n) is 0.436. The second kappa shape index (κ2) is 3.24. The number of nitrogens with zero attached hydrogens (tertiary/aromatic N) is 1. The summed E-state index contributed by atoms with van der Waals surface area (Å²) in [5, 5.41) is 8.24. The number of hydrogen-bond donors (Lipinski definition) is 1. The Kier molecular flexibility index (Phi) is 3.34. The van der Waals surface area contributed by atoms with Crippen LogP contribution in [0.25, 0.3) is 0 Å². The largest absolute Gasteiger partial charge is 0.395 e. The second-order valence-electron chi connectivity index (χ2n) is 1.57. The van der Waals surface area contributed by atoms with Crippen LogP contribution in [0, 0.1) is 0 Å². The Bertz CT molecular complexity index is 47.0. The van der Waals surface area contributed by atoms with Crippen LogP contribution in [0.4, 0.5) is 0 Å². The fourth-order valence-corrected chi connectivity index (χ4v) is 0.436. The van der Waals surface area contributed by atoms with Gasteiger partial charge in [0, 0.05) is 19.6 Å². The number of halogens is 1. The standard InChI is InChI=1S/C4H9NO.ClH/c6-4-3-5-1-2-5;/h6H,1-4H2;1H. The molecule has 0 aliphatic carbocycles. The molecule has 1 N–H and O–H groups in total. The van der Waals surface area contributed by atoms with Crippen molar-refractivity contribution in [2.75, 3.05) is 26.2 Å². The maximum absolute atomic E-state index is 8.24. The lowest BCUT2D eigenvalue weighted by atomic mass is 10.7. The molecular weight excluding hydrogens is 114 g/mol. The zero-order chi connectivity index (χ0) is 4.41. The molecule has 0 aromatic rings. The first kappa shape index (κ1) is 7.21. The van der Waals surface area contributed by atoms with Gasteiger partial charge in [-0.2, -0.15) is 0 Å². The first-order valence-electron chi connectivity index (χ1n) is 2.26. The molecule has 1 fully saturated rings. The van der Waals surface area contributed by atoms with E-state index in [2.05, 4.69) is 4.90 Å². The van der Waals surface area contributed by atoms with E-state index >= 15 is 0 Å². The normalized spacial score (nSPS) is 18.4. The Labute approximate surface area is 49.5 Å². The highest BCUT2D eigenvalue weighted by atomic mass is 35.5. The molecule has 0 radical (unpaired) electrons. The average Bonchev–Trinajstić information content (AvgIpc) is 2.21. The van der Waals surface area contributed by atoms with E-state index in [4.69, 9.17) is 5.11 Å². The second-order valence-corrected chi connectivity index (χ2v) is 1.57. The van der Waals surface area contributed by atoms with Gasteiger partial charge in [-0.05, 0) is 0 Å². The van der Waals surface area contributed by atoms with Crippen molar-refractivity contribution in [1.29, 1.82) is 0 Å². The van der Waals surface area contributed by atoms with Gasteiger partial charge >= 0.3 is 0 Å². The van der Waals surface area contributed by atoms with Crippen molar-refractivity contribution < 1.29 is 5.11 Å². The molecule has 1 saturated heterocycles. The van der Waals surface area contributed by atoms with Crippen LogP contribution in [0.5, 0.6) is 0 Å². The summed E-state index contributed by atoms with van der Waals surface area (Å²) >= 11 is 0. The molecule has 3 heteroatoms. The van der Waals surface area contributed by atoms with E-state index < -0.39 is 0 Å². The van der Waals surface area contributed by atoms with Crippen LogP contribution in [0.2, 0.25) is 0 Å². The number of hydrogen-bond acceptors (Lipinski definition) is 2. The molecule has 0 aromatic heterocycles. The van der Waals surface area contributed by atoms with E-state index in [0.717, 1.165) is 6.54 Å². The van der Waals surface area contributed by atoms with E-state index in [0.29, 0.717) is 6.61 Å². The quantitative estimate of drug-likeness (QED) is 0.511. The van der Waals surface area contributed by atoms with Crippen molar-refractivity contribution in [2.24, 2.45) is 0 Å². The molecule has 0 bridgehead atoms. The molecular formula is C4H10ClNO. The fraction of sp³-hybridized carbons (Fsp3) is 1.00. The first-order chi connectivity index (χ1) is 2.93. The van der Waals surface area contributed by atoms with Crippen LogP contribution in [-0.2, 0) is 0 Å². The molecule has 0 amide bonds. The molecule has 0 aromatic carbocycles. The number of rotatable bonds is 2. The van der Waals surface area contributed by atoms with E-state index in [1.165, 1.54) is 13.1 Å². The third-order valence-electron chi connectivity index (χ3n) is 0.956. The minimum atomic E-state index is 0. The third kappa shape index (κ3) is 2.85. The van der Waals surface area contributed by atoms with Gasteiger partial charge in [0.1, 0.15) is 0 Å². The maximum atomic E-state index is 8.24. The average molecular weight is 124 g/mol. The number of aliphatic hydroxyl groups is 1. The van der Waals surface area contributed by atoms with Gasteiger partial charge in [-0.25, -0.2) is 0 Å². The van der Waals surface area contributed by atoms with E-state index in [9.17, 15) is 0 Å². The predicted octanol–water partition coefficient (Wildman–Crippen LogP) is -0.284. The molecule has 1 aliphatic rings. The highest BCUT2D eigenvalue weighted by molar-refractivity contribution is 5.85. The van der Waals surface area contributed by atoms with Crippen LogP contribution in [0.1, 0.15) is 0 Å². The summed E-state index contributed by atoms with van der Waals surface area (Å²) < 4.78 is 0. The summed E-state index contributed by atoms with van der Waals surface area (Å²) in [5.41, 5.74) is 0. The number of β-amino-alcohol motifs (C(OH)–C–C–N with tert-alkyl or cyclic N) is 1. The Morgan fingerprint density at radius 1 is 1.43 bits per heavy atom. The van der Waals surface area contributed by atoms with Gasteiger partial charge < -0.3 is 5.11 Å². The van der Waals surface area contributed by atoms with Crippen molar-refractivity contribution in [3.8, 4) is 0 Å². The van der Waals surface area contributed by atoms with Gasteiger partial charge in [0.2, 0.25) is 0 Å². The maximum Gasteiger partial charge on any atom is 0.0558 e. The van der Waals surface area contributed by atoms with Crippen molar-refractivity contribution in [3.05, 3.63) is 0 Å². The topological polar surface area (TPSA) is 23.2 Å². The van der Waals surface area contributed by atoms with Gasteiger partial charge in [0.15, 0.2) is 0 Å². The lowest BCUT2D eigenvalue weighted by Crippen LogP contribution is -2.02. The van der Waals surface area contributed by atoms with E-state index in [-0.39, 0.29) is 12.4 Å². The highest BCUT2D eigenvalue weighted by Crippen LogP contribution is 1.99. The predicted molar refractivity (Wildman–Crippen MR) is 30.8 cm³/mol. The van der Waals surface area contributed by atoms with Gasteiger partial charge in [-0.1, -0.05) is 0 Å². The van der Waals surface area contributed by atoms with E-state index in [1.807, 2.05) is 0 Å². The summed E-state index contributed by atoms with van der Waals surface area (Å²) in [6.45, 7) is 3.58. The molecule has 7 heavy (non-hydrogen) atoms. The summed E-state index contributed by atoms with van der Waals surface area (Å²) in [6, 6.07) is 0. The van der Waals surface area contributed by atoms with E-state index in [1.54, 1.807) is 0 Å². The van der Waals surface area contributed by atoms with Crippen LogP contribution >= 0.6 is 12.4 Å². The molecule has 1 aliphatic heterocycles. The molecule has 0 atom stereocenters. The molecule has 0 saturated carbocycles. The Hall–Kier alpha value is 0.210. The zero-order valence-electron chi connectivity index (χ0n) is 4.13. The van der Waals surface area contributed by atoms with Gasteiger partial charge in [-0.15, -0.1) is 12.4 Å². The molecule has 0 spiro atoms.